The third kappa shape index (κ3) is 5.25. The van der Waals surface area contributed by atoms with Crippen LogP contribution >= 0.6 is 0 Å². The van der Waals surface area contributed by atoms with Crippen LogP contribution in [0, 0.1) is 5.92 Å². The number of benzene rings is 1. The maximum Gasteiger partial charge on any atom is 0.339 e. The predicted molar refractivity (Wildman–Crippen MR) is 108 cm³/mol. The molecule has 0 spiro atoms. The third-order valence-electron chi connectivity index (χ3n) is 5.21. The van der Waals surface area contributed by atoms with E-state index in [1.807, 2.05) is 24.3 Å². The average Bonchev–Trinajstić information content (AvgIpc) is 3.18. The zero-order valence-corrected chi connectivity index (χ0v) is 16.5. The maximum absolute atomic E-state index is 12.4. The molecule has 154 valence electrons. The molecule has 3 rings (SSSR count). The monoisotopic (exact) mass is 398 g/mol. The maximum atomic E-state index is 12.4. The van der Waals surface area contributed by atoms with Gasteiger partial charge in [-0.2, -0.15) is 0 Å². The predicted octanol–water partition coefficient (Wildman–Crippen LogP) is 3.99. The van der Waals surface area contributed by atoms with Gasteiger partial charge in [0.2, 0.25) is 5.91 Å². The van der Waals surface area contributed by atoms with Crippen LogP contribution in [-0.2, 0) is 17.8 Å². The topological polar surface area (TPSA) is 109 Å². The second-order valence-corrected chi connectivity index (χ2v) is 7.31. The Morgan fingerprint density at radius 3 is 2.55 bits per heavy atom. The normalized spacial score (nSPS) is 14.4. The van der Waals surface area contributed by atoms with Crippen molar-refractivity contribution in [2.75, 3.05) is 5.32 Å². The van der Waals surface area contributed by atoms with Gasteiger partial charge >= 0.3 is 5.97 Å². The first-order valence-corrected chi connectivity index (χ1v) is 10.0. The van der Waals surface area contributed by atoms with E-state index in [0.29, 0.717) is 12.1 Å². The van der Waals surface area contributed by atoms with Crippen molar-refractivity contribution in [2.24, 2.45) is 5.92 Å². The number of anilines is 1. The van der Waals surface area contributed by atoms with E-state index in [0.717, 1.165) is 31.2 Å². The molecule has 1 aliphatic carbocycles. The molecule has 29 heavy (non-hydrogen) atoms. The van der Waals surface area contributed by atoms with Gasteiger partial charge in [0.05, 0.1) is 0 Å². The Morgan fingerprint density at radius 1 is 1.14 bits per heavy atom. The number of carbonyl (C=O) groups is 3. The molecule has 7 nitrogen and oxygen atoms in total. The van der Waals surface area contributed by atoms with Gasteiger partial charge in [-0.05, 0) is 30.5 Å². The molecule has 1 aliphatic rings. The summed E-state index contributed by atoms with van der Waals surface area (Å²) in [5.74, 6) is -1.23. The molecule has 0 atom stereocenters. The largest absolute Gasteiger partial charge is 0.478 e. The number of furan rings is 1. The first-order valence-electron chi connectivity index (χ1n) is 10.0. The van der Waals surface area contributed by atoms with Crippen molar-refractivity contribution in [3.63, 3.8) is 0 Å². The number of aromatic carboxylic acids is 1. The Labute approximate surface area is 169 Å². The zero-order valence-electron chi connectivity index (χ0n) is 16.5. The van der Waals surface area contributed by atoms with Crippen molar-refractivity contribution in [3.8, 4) is 0 Å². The molecule has 0 bridgehead atoms. The highest BCUT2D eigenvalue weighted by Crippen LogP contribution is 2.25. The molecule has 3 N–H and O–H groups in total. The Morgan fingerprint density at radius 2 is 1.90 bits per heavy atom. The van der Waals surface area contributed by atoms with E-state index in [-0.39, 0.29) is 35.5 Å². The lowest BCUT2D eigenvalue weighted by Crippen LogP contribution is -2.25. The van der Waals surface area contributed by atoms with E-state index in [9.17, 15) is 19.5 Å². The Hall–Kier alpha value is -3.09. The Balaban J connectivity index is 1.59. The van der Waals surface area contributed by atoms with Crippen molar-refractivity contribution in [2.45, 2.75) is 52.0 Å². The minimum absolute atomic E-state index is 0.00470. The summed E-state index contributed by atoms with van der Waals surface area (Å²) in [5, 5.41) is 14.9. The first kappa shape index (κ1) is 20.6. The number of hydrogen-bond acceptors (Lipinski definition) is 4. The zero-order chi connectivity index (χ0) is 20.8. The number of amides is 2. The van der Waals surface area contributed by atoms with Gasteiger partial charge in [-0.1, -0.05) is 38.3 Å². The minimum atomic E-state index is -1.12. The SMILES string of the molecule is CCc1oc(C(=O)NCc2cccc(NC(=O)C3CCCCC3)c2)cc1C(=O)O. The van der Waals surface area contributed by atoms with E-state index in [1.165, 1.54) is 12.5 Å². The fourth-order valence-corrected chi connectivity index (χ4v) is 3.62. The van der Waals surface area contributed by atoms with Crippen LogP contribution in [0.3, 0.4) is 0 Å². The molecule has 1 aromatic carbocycles. The number of carboxylic acid groups (broad SMARTS) is 1. The van der Waals surface area contributed by atoms with Crippen molar-refractivity contribution >= 4 is 23.5 Å². The van der Waals surface area contributed by atoms with Crippen molar-refractivity contribution in [1.82, 2.24) is 5.32 Å². The summed E-state index contributed by atoms with van der Waals surface area (Å²) >= 11 is 0. The van der Waals surface area contributed by atoms with Crippen LogP contribution in [-0.4, -0.2) is 22.9 Å². The van der Waals surface area contributed by atoms with Crippen molar-refractivity contribution in [3.05, 3.63) is 53.0 Å². The second-order valence-electron chi connectivity index (χ2n) is 7.31. The number of carbonyl (C=O) groups excluding carboxylic acids is 2. The summed E-state index contributed by atoms with van der Waals surface area (Å²) in [4.78, 5) is 35.9. The Kier molecular flexibility index (Phi) is 6.69. The van der Waals surface area contributed by atoms with Gasteiger partial charge in [-0.3, -0.25) is 9.59 Å². The van der Waals surface area contributed by atoms with Gasteiger partial charge in [0.1, 0.15) is 11.3 Å². The highest BCUT2D eigenvalue weighted by atomic mass is 16.4. The molecule has 7 heteroatoms. The lowest BCUT2D eigenvalue weighted by molar-refractivity contribution is -0.120. The molecule has 2 aromatic rings. The quantitative estimate of drug-likeness (QED) is 0.653. The molecule has 0 radical (unpaired) electrons. The molecular formula is C22H26N2O5. The molecule has 0 aliphatic heterocycles. The summed E-state index contributed by atoms with van der Waals surface area (Å²) in [5.41, 5.74) is 1.53. The van der Waals surface area contributed by atoms with E-state index < -0.39 is 11.9 Å². The third-order valence-corrected chi connectivity index (χ3v) is 5.21. The molecular weight excluding hydrogens is 372 g/mol. The highest BCUT2D eigenvalue weighted by Gasteiger charge is 2.21. The minimum Gasteiger partial charge on any atom is -0.478 e. The summed E-state index contributed by atoms with van der Waals surface area (Å²) in [6.07, 6.45) is 5.64. The van der Waals surface area contributed by atoms with Crippen LogP contribution in [0.5, 0.6) is 0 Å². The van der Waals surface area contributed by atoms with Crippen LogP contribution in [0.25, 0.3) is 0 Å². The van der Waals surface area contributed by atoms with Gasteiger partial charge in [0.15, 0.2) is 5.76 Å². The summed E-state index contributed by atoms with van der Waals surface area (Å²) in [6.45, 7) is 2.00. The van der Waals surface area contributed by atoms with Gasteiger partial charge < -0.3 is 20.2 Å². The standard InChI is InChI=1S/C22H26N2O5/c1-2-18-17(22(27)28)12-19(29-18)21(26)23-13-14-7-6-10-16(11-14)24-20(25)15-8-4-3-5-9-15/h6-7,10-12,15H,2-5,8-9,13H2,1H3,(H,23,26)(H,24,25)(H,27,28). The molecule has 2 amide bonds. The summed E-state index contributed by atoms with van der Waals surface area (Å²) in [6, 6.07) is 8.56. The lowest BCUT2D eigenvalue weighted by Gasteiger charge is -2.20. The molecule has 0 saturated heterocycles. The number of hydrogen-bond donors (Lipinski definition) is 3. The van der Waals surface area contributed by atoms with Crippen LogP contribution in [0.15, 0.2) is 34.7 Å². The molecule has 0 unspecified atom stereocenters. The van der Waals surface area contributed by atoms with E-state index >= 15 is 0 Å². The Bertz CT molecular complexity index is 896. The number of nitrogens with one attached hydrogen (secondary N) is 2. The van der Waals surface area contributed by atoms with E-state index in [2.05, 4.69) is 10.6 Å². The van der Waals surface area contributed by atoms with Crippen molar-refractivity contribution in [1.29, 1.82) is 0 Å². The van der Waals surface area contributed by atoms with Gasteiger partial charge in [-0.15, -0.1) is 0 Å². The number of rotatable bonds is 7. The second kappa shape index (κ2) is 9.41. The smallest absolute Gasteiger partial charge is 0.339 e. The van der Waals surface area contributed by atoms with E-state index in [4.69, 9.17) is 4.42 Å². The highest BCUT2D eigenvalue weighted by molar-refractivity contribution is 5.96. The van der Waals surface area contributed by atoms with Gasteiger partial charge in [0, 0.05) is 30.6 Å². The van der Waals surface area contributed by atoms with Crippen LogP contribution in [0.1, 0.15) is 71.3 Å². The summed E-state index contributed by atoms with van der Waals surface area (Å²) < 4.78 is 5.37. The van der Waals surface area contributed by atoms with Gasteiger partial charge in [-0.25, -0.2) is 4.79 Å². The van der Waals surface area contributed by atoms with Crippen molar-refractivity contribution < 1.29 is 23.9 Å². The van der Waals surface area contributed by atoms with Crippen LogP contribution in [0.2, 0.25) is 0 Å². The first-order chi connectivity index (χ1) is 14.0. The number of carboxylic acids is 1. The summed E-state index contributed by atoms with van der Waals surface area (Å²) in [7, 11) is 0. The van der Waals surface area contributed by atoms with E-state index in [1.54, 1.807) is 6.92 Å². The number of aryl methyl sites for hydroxylation is 1. The lowest BCUT2D eigenvalue weighted by atomic mass is 9.88. The molecule has 1 saturated carbocycles. The van der Waals surface area contributed by atoms with Gasteiger partial charge in [0.25, 0.3) is 5.91 Å². The molecule has 1 heterocycles. The molecule has 1 fully saturated rings. The molecule has 1 aromatic heterocycles. The average molecular weight is 398 g/mol. The fourth-order valence-electron chi connectivity index (χ4n) is 3.62. The van der Waals surface area contributed by atoms with Crippen LogP contribution in [0.4, 0.5) is 5.69 Å². The fraction of sp³-hybridized carbons (Fsp3) is 0.409. The van der Waals surface area contributed by atoms with Crippen LogP contribution < -0.4 is 10.6 Å².